The smallest absolute Gasteiger partial charge is 0.410 e. The zero-order valence-corrected chi connectivity index (χ0v) is 27.3. The van der Waals surface area contributed by atoms with Crippen LogP contribution in [0.3, 0.4) is 0 Å². The van der Waals surface area contributed by atoms with Crippen molar-refractivity contribution in [2.75, 3.05) is 13.1 Å². The molecule has 10 nitrogen and oxygen atoms in total. The Balaban J connectivity index is 0.00000433. The van der Waals surface area contributed by atoms with Crippen LogP contribution >= 0.6 is 12.4 Å². The molecule has 2 aromatic heterocycles. The van der Waals surface area contributed by atoms with Gasteiger partial charge in [-0.05, 0) is 68.5 Å². The molecule has 3 heterocycles. The van der Waals surface area contributed by atoms with E-state index in [2.05, 4.69) is 4.98 Å². The van der Waals surface area contributed by atoms with Crippen LogP contribution in [0.2, 0.25) is 0 Å². The van der Waals surface area contributed by atoms with Gasteiger partial charge in [-0.3, -0.25) is 14.2 Å². The number of hydrogen-bond acceptors (Lipinski definition) is 7. The van der Waals surface area contributed by atoms with E-state index in [9.17, 15) is 14.4 Å². The van der Waals surface area contributed by atoms with Gasteiger partial charge < -0.3 is 18.9 Å². The lowest BCUT2D eigenvalue weighted by Gasteiger charge is -2.31. The predicted octanol–water partition coefficient (Wildman–Crippen LogP) is 6.27. The molecule has 1 fully saturated rings. The summed E-state index contributed by atoms with van der Waals surface area (Å²) in [5, 5.41) is 0.480. The maximum Gasteiger partial charge on any atom is 0.410 e. The van der Waals surface area contributed by atoms with E-state index in [0.717, 1.165) is 18.4 Å². The van der Waals surface area contributed by atoms with Crippen LogP contribution in [0.4, 0.5) is 4.79 Å². The largest absolute Gasteiger partial charge is 0.489 e. The van der Waals surface area contributed by atoms with Crippen LogP contribution in [0.1, 0.15) is 48.4 Å². The van der Waals surface area contributed by atoms with E-state index in [1.54, 1.807) is 57.0 Å². The van der Waals surface area contributed by atoms with Gasteiger partial charge in [-0.15, -0.1) is 12.4 Å². The van der Waals surface area contributed by atoms with Crippen molar-refractivity contribution in [3.05, 3.63) is 119 Å². The minimum absolute atomic E-state index is 0. The molecule has 0 spiro atoms. The summed E-state index contributed by atoms with van der Waals surface area (Å²) in [4.78, 5) is 51.0. The second-order valence-corrected chi connectivity index (χ2v) is 11.9. The number of rotatable bonds is 10. The van der Waals surface area contributed by atoms with Crippen molar-refractivity contribution in [2.24, 2.45) is 5.92 Å². The lowest BCUT2D eigenvalue weighted by molar-refractivity contribution is 0.0820. The molecular formula is C36H38ClN5O5. The van der Waals surface area contributed by atoms with Gasteiger partial charge in [0.15, 0.2) is 5.78 Å². The fourth-order valence-electron chi connectivity index (χ4n) is 5.81. The fraction of sp³-hybridized carbons (Fsp3) is 0.306. The minimum atomic E-state index is -0.323. The number of Topliss-reactive ketones (excluding diaryl/α,β-unsaturated/α-hetero) is 1. The molecule has 6 rings (SSSR count). The molecule has 0 N–H and O–H groups in total. The van der Waals surface area contributed by atoms with Crippen LogP contribution in [-0.4, -0.2) is 55.1 Å². The highest BCUT2D eigenvalue weighted by Gasteiger charge is 2.27. The van der Waals surface area contributed by atoms with Crippen molar-refractivity contribution in [1.29, 1.82) is 0 Å². The topological polar surface area (TPSA) is 109 Å². The van der Waals surface area contributed by atoms with Gasteiger partial charge in [0.1, 0.15) is 18.2 Å². The Morgan fingerprint density at radius 2 is 1.72 bits per heavy atom. The number of fused-ring (bicyclic) bond motifs is 1. The number of carbonyl (C=O) groups is 2. The van der Waals surface area contributed by atoms with Crippen molar-refractivity contribution in [1.82, 2.24) is 24.0 Å². The molecule has 3 aromatic carbocycles. The van der Waals surface area contributed by atoms with E-state index in [1.165, 1.54) is 0 Å². The number of piperidine rings is 1. The van der Waals surface area contributed by atoms with Gasteiger partial charge in [-0.25, -0.2) is 14.8 Å². The van der Waals surface area contributed by atoms with Crippen molar-refractivity contribution in [3.8, 4) is 11.4 Å². The maximum absolute atomic E-state index is 14.2. The van der Waals surface area contributed by atoms with Crippen molar-refractivity contribution in [3.63, 3.8) is 0 Å². The van der Waals surface area contributed by atoms with Crippen LogP contribution < -0.4 is 10.3 Å². The minimum Gasteiger partial charge on any atom is -0.489 e. The van der Waals surface area contributed by atoms with E-state index in [-0.39, 0.29) is 55.0 Å². The Morgan fingerprint density at radius 1 is 0.979 bits per heavy atom. The van der Waals surface area contributed by atoms with Gasteiger partial charge in [-0.2, -0.15) is 0 Å². The van der Waals surface area contributed by atoms with Crippen LogP contribution in [0.25, 0.3) is 16.6 Å². The summed E-state index contributed by atoms with van der Waals surface area (Å²) in [6.07, 6.45) is 6.47. The molecule has 0 atom stereocenters. The lowest BCUT2D eigenvalue weighted by Crippen LogP contribution is -2.39. The second-order valence-electron chi connectivity index (χ2n) is 11.9. The zero-order chi connectivity index (χ0) is 32.0. The first-order valence-electron chi connectivity index (χ1n) is 15.6. The molecule has 47 heavy (non-hydrogen) atoms. The molecule has 1 aliphatic heterocycles. The van der Waals surface area contributed by atoms with Crippen molar-refractivity contribution in [2.45, 2.75) is 52.4 Å². The maximum atomic E-state index is 14.2. The number of nitrogens with zero attached hydrogens (tertiary/aromatic N) is 5. The van der Waals surface area contributed by atoms with Gasteiger partial charge in [0, 0.05) is 37.5 Å². The third-order valence-electron chi connectivity index (χ3n) is 8.16. The Kier molecular flexibility index (Phi) is 10.7. The number of imidazole rings is 1. The lowest BCUT2D eigenvalue weighted by atomic mass is 9.93. The second kappa shape index (κ2) is 15.1. The summed E-state index contributed by atoms with van der Waals surface area (Å²) in [7, 11) is 0. The number of ketones is 1. The van der Waals surface area contributed by atoms with Crippen LogP contribution in [0.15, 0.2) is 96.3 Å². The van der Waals surface area contributed by atoms with E-state index in [1.807, 2.05) is 62.4 Å². The molecule has 0 radical (unpaired) electrons. The normalized spacial score (nSPS) is 13.4. The summed E-state index contributed by atoms with van der Waals surface area (Å²) < 4.78 is 15.0. The number of likely N-dealkylation sites (tertiary alicyclic amines) is 1. The predicted molar refractivity (Wildman–Crippen MR) is 182 cm³/mol. The highest BCUT2D eigenvalue weighted by Crippen LogP contribution is 2.29. The summed E-state index contributed by atoms with van der Waals surface area (Å²) >= 11 is 0. The van der Waals surface area contributed by atoms with E-state index in [4.69, 9.17) is 14.5 Å². The average Bonchev–Trinajstić information content (AvgIpc) is 3.58. The molecule has 244 valence electrons. The summed E-state index contributed by atoms with van der Waals surface area (Å²) in [5.41, 5.74) is 2.26. The molecule has 1 saturated heterocycles. The van der Waals surface area contributed by atoms with E-state index < -0.39 is 0 Å². The number of carbonyl (C=O) groups excluding carboxylic acids is 2. The Labute approximate surface area is 279 Å². The Bertz CT molecular complexity index is 1880. The molecule has 11 heteroatoms. The van der Waals surface area contributed by atoms with Gasteiger partial charge in [-0.1, -0.05) is 42.5 Å². The number of para-hydroxylation sites is 1. The fourth-order valence-corrected chi connectivity index (χ4v) is 5.81. The van der Waals surface area contributed by atoms with Crippen LogP contribution in [0, 0.1) is 5.92 Å². The Hall–Kier alpha value is -4.96. The Morgan fingerprint density at radius 3 is 2.45 bits per heavy atom. The molecule has 0 saturated carbocycles. The molecule has 0 unspecified atom stereocenters. The monoisotopic (exact) mass is 655 g/mol. The summed E-state index contributed by atoms with van der Waals surface area (Å²) in [6.45, 7) is 5.29. The molecule has 5 aromatic rings. The van der Waals surface area contributed by atoms with E-state index in [0.29, 0.717) is 53.2 Å². The number of aromatic nitrogens is 4. The highest BCUT2D eigenvalue weighted by atomic mass is 35.5. The first-order valence-corrected chi connectivity index (χ1v) is 15.6. The van der Waals surface area contributed by atoms with Crippen LogP contribution in [-0.2, 0) is 24.3 Å². The molecule has 0 aliphatic carbocycles. The number of ether oxygens (including phenoxy) is 2. The number of halogens is 1. The summed E-state index contributed by atoms with van der Waals surface area (Å²) in [5.74, 6) is 1.13. The van der Waals surface area contributed by atoms with Gasteiger partial charge in [0.2, 0.25) is 0 Å². The van der Waals surface area contributed by atoms with Crippen molar-refractivity contribution >= 4 is 35.2 Å². The van der Waals surface area contributed by atoms with Gasteiger partial charge in [0.05, 0.1) is 35.6 Å². The molecule has 0 bridgehead atoms. The quantitative estimate of drug-likeness (QED) is 0.163. The molecule has 1 aliphatic rings. The van der Waals surface area contributed by atoms with Crippen molar-refractivity contribution < 1.29 is 19.1 Å². The van der Waals surface area contributed by atoms with Gasteiger partial charge in [0.25, 0.3) is 5.56 Å². The first kappa shape index (κ1) is 33.4. The average molecular weight is 656 g/mol. The van der Waals surface area contributed by atoms with E-state index >= 15 is 0 Å². The SMILES string of the molecule is CC(C)Oc1ccc(C(=O)Cn2ccnc2)cc1-n1c(CC2CCN(C(=O)OCc3ccccc3)CC2)nc2ccccc2c1=O.Cl. The highest BCUT2D eigenvalue weighted by molar-refractivity contribution is 5.96. The van der Waals surface area contributed by atoms with Gasteiger partial charge >= 0.3 is 6.09 Å². The molecule has 1 amide bonds. The number of amides is 1. The summed E-state index contributed by atoms with van der Waals surface area (Å²) in [6, 6.07) is 22.1. The molecular weight excluding hydrogens is 618 g/mol. The van der Waals surface area contributed by atoms with Crippen LogP contribution in [0.5, 0.6) is 5.75 Å². The number of hydrogen-bond donors (Lipinski definition) is 0. The zero-order valence-electron chi connectivity index (χ0n) is 26.5. The first-order chi connectivity index (χ1) is 22.4. The third kappa shape index (κ3) is 7.89. The third-order valence-corrected chi connectivity index (χ3v) is 8.16. The number of benzene rings is 3. The standard InChI is InChI=1S/C36H37N5O5.ClH/c1-25(2)46-33-13-12-28(32(42)22-39-19-16-37-24-39)21-31(33)41-34(38-30-11-7-6-10-29(30)35(41)43)20-26-14-17-40(18-15-26)36(44)45-23-27-8-4-3-5-9-27;/h3-13,16,19,21,24-26H,14-15,17-18,20,22-23H2,1-2H3;1H.